The average molecular weight is 247 g/mol. The lowest BCUT2D eigenvalue weighted by atomic mass is 10.0. The van der Waals surface area contributed by atoms with Gasteiger partial charge in [-0.15, -0.1) is 0 Å². The topological polar surface area (TPSA) is 82.0 Å². The van der Waals surface area contributed by atoms with Crippen molar-refractivity contribution < 1.29 is 9.31 Å². The highest BCUT2D eigenvalue weighted by molar-refractivity contribution is 5.67. The Morgan fingerprint density at radius 1 is 1.33 bits per heavy atom. The minimum atomic E-state index is -0.541. The fraction of sp³-hybridized carbons (Fsp3) is 0.0833. The van der Waals surface area contributed by atoms with Crippen molar-refractivity contribution in [3.63, 3.8) is 0 Å². The number of pyridine rings is 1. The quantitative estimate of drug-likeness (QED) is 0.653. The molecule has 0 aliphatic heterocycles. The molecule has 0 saturated heterocycles. The van der Waals surface area contributed by atoms with Gasteiger partial charge in [-0.05, 0) is 30.7 Å². The molecule has 0 aliphatic rings. The van der Waals surface area contributed by atoms with Crippen LogP contribution in [0.25, 0.3) is 11.3 Å². The standard InChI is InChI=1S/C12H10FN3O2/c1-7-4-8(13)2-3-10(7)11-5-9(16(17)18)6-12(14)15-11/h2-6H,1H3,(H2,14,15). The third kappa shape index (κ3) is 2.27. The molecular weight excluding hydrogens is 237 g/mol. The molecule has 1 heterocycles. The van der Waals surface area contributed by atoms with E-state index in [9.17, 15) is 14.5 Å². The summed E-state index contributed by atoms with van der Waals surface area (Å²) in [5.74, 6) is -0.308. The number of nitro groups is 1. The third-order valence-electron chi connectivity index (χ3n) is 2.51. The first-order valence-electron chi connectivity index (χ1n) is 5.16. The number of aromatic nitrogens is 1. The number of nitrogens with zero attached hydrogens (tertiary/aromatic N) is 2. The van der Waals surface area contributed by atoms with Crippen LogP contribution in [0.3, 0.4) is 0 Å². The smallest absolute Gasteiger partial charge is 0.275 e. The first kappa shape index (κ1) is 12.0. The Morgan fingerprint density at radius 3 is 2.67 bits per heavy atom. The minimum absolute atomic E-state index is 0.0583. The average Bonchev–Trinajstić information content (AvgIpc) is 2.27. The van der Waals surface area contributed by atoms with Crippen LogP contribution in [0.1, 0.15) is 5.56 Å². The second-order valence-corrected chi connectivity index (χ2v) is 3.85. The van der Waals surface area contributed by atoms with Gasteiger partial charge in [0.05, 0.1) is 16.7 Å². The summed E-state index contributed by atoms with van der Waals surface area (Å²) in [6, 6.07) is 6.64. The lowest BCUT2D eigenvalue weighted by molar-refractivity contribution is -0.384. The van der Waals surface area contributed by atoms with Crippen molar-refractivity contribution in [2.24, 2.45) is 0 Å². The van der Waals surface area contributed by atoms with Gasteiger partial charge in [-0.1, -0.05) is 0 Å². The van der Waals surface area contributed by atoms with Crippen LogP contribution in [0, 0.1) is 22.9 Å². The molecule has 92 valence electrons. The van der Waals surface area contributed by atoms with E-state index in [0.29, 0.717) is 16.8 Å². The molecule has 0 fully saturated rings. The van der Waals surface area contributed by atoms with Gasteiger partial charge in [0.25, 0.3) is 5.69 Å². The molecule has 2 rings (SSSR count). The van der Waals surface area contributed by atoms with E-state index in [0.717, 1.165) is 0 Å². The van der Waals surface area contributed by atoms with Crippen LogP contribution >= 0.6 is 0 Å². The maximum Gasteiger partial charge on any atom is 0.275 e. The van der Waals surface area contributed by atoms with Gasteiger partial charge in [-0.3, -0.25) is 10.1 Å². The Balaban J connectivity index is 2.60. The summed E-state index contributed by atoms with van der Waals surface area (Å²) in [5, 5.41) is 10.7. The van der Waals surface area contributed by atoms with E-state index in [1.54, 1.807) is 6.92 Å². The number of benzene rings is 1. The molecule has 0 aliphatic carbocycles. The van der Waals surface area contributed by atoms with E-state index in [2.05, 4.69) is 4.98 Å². The van der Waals surface area contributed by atoms with Crippen molar-refractivity contribution in [3.8, 4) is 11.3 Å². The van der Waals surface area contributed by atoms with Crippen LogP contribution in [-0.4, -0.2) is 9.91 Å². The number of anilines is 1. The molecule has 0 atom stereocenters. The van der Waals surface area contributed by atoms with Gasteiger partial charge in [0.1, 0.15) is 11.6 Å². The molecule has 5 nitrogen and oxygen atoms in total. The largest absolute Gasteiger partial charge is 0.383 e. The first-order chi connectivity index (χ1) is 8.47. The highest BCUT2D eigenvalue weighted by Crippen LogP contribution is 2.26. The summed E-state index contributed by atoms with van der Waals surface area (Å²) < 4.78 is 13.0. The molecule has 0 spiro atoms. The van der Waals surface area contributed by atoms with Crippen LogP contribution in [0.5, 0.6) is 0 Å². The van der Waals surface area contributed by atoms with E-state index < -0.39 is 4.92 Å². The molecule has 6 heteroatoms. The SMILES string of the molecule is Cc1cc(F)ccc1-c1cc([N+](=O)[O-])cc(N)n1. The van der Waals surface area contributed by atoms with Crippen LogP contribution in [0.4, 0.5) is 15.9 Å². The van der Waals surface area contributed by atoms with Gasteiger partial charge in [0.15, 0.2) is 0 Å². The maximum atomic E-state index is 13.0. The summed E-state index contributed by atoms with van der Waals surface area (Å²) in [5.41, 5.74) is 7.01. The van der Waals surface area contributed by atoms with Crippen molar-refractivity contribution in [2.75, 3.05) is 5.73 Å². The monoisotopic (exact) mass is 247 g/mol. The predicted octanol–water partition coefficient (Wildman–Crippen LogP) is 2.69. The van der Waals surface area contributed by atoms with Gasteiger partial charge in [0, 0.05) is 11.6 Å². The Labute approximate surface area is 102 Å². The summed E-state index contributed by atoms with van der Waals surface area (Å²) in [4.78, 5) is 14.2. The second kappa shape index (κ2) is 4.40. The molecule has 0 saturated carbocycles. The summed E-state index contributed by atoms with van der Waals surface area (Å²) in [6.07, 6.45) is 0. The molecule has 2 aromatic rings. The minimum Gasteiger partial charge on any atom is -0.383 e. The van der Waals surface area contributed by atoms with Crippen molar-refractivity contribution in [1.29, 1.82) is 0 Å². The number of nitrogens with two attached hydrogens (primary N) is 1. The first-order valence-corrected chi connectivity index (χ1v) is 5.16. The number of hydrogen-bond acceptors (Lipinski definition) is 4. The Bertz CT molecular complexity index is 629. The number of nitrogen functional groups attached to an aromatic ring is 1. The molecule has 18 heavy (non-hydrogen) atoms. The summed E-state index contributed by atoms with van der Waals surface area (Å²) >= 11 is 0. The molecule has 0 bridgehead atoms. The number of halogens is 1. The Kier molecular flexibility index (Phi) is 2.93. The molecular formula is C12H10FN3O2. The predicted molar refractivity (Wildman–Crippen MR) is 65.4 cm³/mol. The fourth-order valence-electron chi connectivity index (χ4n) is 1.69. The van der Waals surface area contributed by atoms with Crippen LogP contribution < -0.4 is 5.73 Å². The van der Waals surface area contributed by atoms with Gasteiger partial charge in [0.2, 0.25) is 0 Å². The molecule has 0 radical (unpaired) electrons. The Morgan fingerprint density at radius 2 is 2.06 bits per heavy atom. The number of rotatable bonds is 2. The van der Waals surface area contributed by atoms with Gasteiger partial charge in [-0.2, -0.15) is 0 Å². The highest BCUT2D eigenvalue weighted by Gasteiger charge is 2.12. The summed E-state index contributed by atoms with van der Waals surface area (Å²) in [7, 11) is 0. The van der Waals surface area contributed by atoms with Gasteiger partial charge < -0.3 is 5.73 Å². The van der Waals surface area contributed by atoms with E-state index in [4.69, 9.17) is 5.73 Å². The molecule has 0 amide bonds. The van der Waals surface area contributed by atoms with Gasteiger partial charge in [-0.25, -0.2) is 9.37 Å². The van der Waals surface area contributed by atoms with Crippen molar-refractivity contribution >= 4 is 11.5 Å². The van der Waals surface area contributed by atoms with E-state index in [1.807, 2.05) is 0 Å². The van der Waals surface area contributed by atoms with E-state index >= 15 is 0 Å². The zero-order chi connectivity index (χ0) is 13.3. The second-order valence-electron chi connectivity index (χ2n) is 3.85. The van der Waals surface area contributed by atoms with Crippen LogP contribution in [-0.2, 0) is 0 Å². The maximum absolute atomic E-state index is 13.0. The van der Waals surface area contributed by atoms with Crippen molar-refractivity contribution in [3.05, 3.63) is 51.8 Å². The molecule has 1 aromatic heterocycles. The fourth-order valence-corrected chi connectivity index (χ4v) is 1.69. The summed E-state index contributed by atoms with van der Waals surface area (Å²) in [6.45, 7) is 1.70. The third-order valence-corrected chi connectivity index (χ3v) is 2.51. The normalized spacial score (nSPS) is 10.3. The number of aryl methyl sites for hydroxylation is 1. The zero-order valence-electron chi connectivity index (χ0n) is 9.55. The lowest BCUT2D eigenvalue weighted by Gasteiger charge is -2.06. The van der Waals surface area contributed by atoms with Crippen LogP contribution in [0.15, 0.2) is 30.3 Å². The molecule has 0 unspecified atom stereocenters. The lowest BCUT2D eigenvalue weighted by Crippen LogP contribution is -1.97. The van der Waals surface area contributed by atoms with Gasteiger partial charge >= 0.3 is 0 Å². The zero-order valence-corrected chi connectivity index (χ0v) is 9.55. The van der Waals surface area contributed by atoms with Crippen molar-refractivity contribution in [1.82, 2.24) is 4.98 Å². The van der Waals surface area contributed by atoms with E-state index in [-0.39, 0.29) is 17.3 Å². The number of hydrogen-bond donors (Lipinski definition) is 1. The van der Waals surface area contributed by atoms with Crippen molar-refractivity contribution in [2.45, 2.75) is 6.92 Å². The highest BCUT2D eigenvalue weighted by atomic mass is 19.1. The molecule has 1 aromatic carbocycles. The van der Waals surface area contributed by atoms with E-state index in [1.165, 1.54) is 30.3 Å². The van der Waals surface area contributed by atoms with Crippen LogP contribution in [0.2, 0.25) is 0 Å². The molecule has 2 N–H and O–H groups in total. The Hall–Kier alpha value is -2.50.